The zero-order valence-corrected chi connectivity index (χ0v) is 30.2. The maximum Gasteiger partial charge on any atom is 0.0799 e. The third kappa shape index (κ3) is 8.64. The van der Waals surface area contributed by atoms with Crippen LogP contribution in [0.25, 0.3) is 44.8 Å². The molecule has 2 heterocycles. The summed E-state index contributed by atoms with van der Waals surface area (Å²) in [5, 5.41) is 1.47. The van der Waals surface area contributed by atoms with Crippen LogP contribution in [0.1, 0.15) is 44.7 Å². The van der Waals surface area contributed by atoms with Crippen molar-refractivity contribution in [1.82, 2.24) is 9.97 Å². The van der Waals surface area contributed by atoms with Crippen LogP contribution in [0.4, 0.5) is 0 Å². The molecule has 0 unspecified atom stereocenters. The topological polar surface area (TPSA) is 25.8 Å². The van der Waals surface area contributed by atoms with Crippen LogP contribution in [0.15, 0.2) is 122 Å². The molecule has 0 amide bonds. The molecule has 0 spiro atoms. The van der Waals surface area contributed by atoms with Gasteiger partial charge < -0.3 is 9.97 Å². The van der Waals surface area contributed by atoms with Gasteiger partial charge in [-0.3, -0.25) is 0 Å². The number of aromatic nitrogens is 2. The summed E-state index contributed by atoms with van der Waals surface area (Å²) >= 11 is 0. The number of aryl methyl sites for hydroxylation is 2. The van der Waals surface area contributed by atoms with Crippen molar-refractivity contribution in [2.45, 2.75) is 53.1 Å². The summed E-state index contributed by atoms with van der Waals surface area (Å²) in [4.78, 5) is 9.08. The van der Waals surface area contributed by atoms with E-state index in [2.05, 4.69) is 73.9 Å². The van der Waals surface area contributed by atoms with E-state index in [4.69, 9.17) is 8.22 Å². The Morgan fingerprint density at radius 1 is 0.652 bits per heavy atom. The fraction of sp³-hybridized carbons (Fsp3) is 0.190. The monoisotopic (exact) mass is 801 g/mol. The first-order valence-electron chi connectivity index (χ1n) is 18.2. The number of hydrogen-bond donors (Lipinski definition) is 0. The van der Waals surface area contributed by atoms with Crippen LogP contribution in [0.3, 0.4) is 0 Å². The van der Waals surface area contributed by atoms with E-state index in [0.29, 0.717) is 22.7 Å². The predicted octanol–water partition coefficient (Wildman–Crippen LogP) is 10.7. The Balaban J connectivity index is 0.000000259. The van der Waals surface area contributed by atoms with Crippen molar-refractivity contribution < 1.29 is 28.3 Å². The van der Waals surface area contributed by atoms with Gasteiger partial charge in [0.15, 0.2) is 0 Å². The molecule has 0 aliphatic carbocycles. The van der Waals surface area contributed by atoms with E-state index in [0.717, 1.165) is 33.5 Å². The van der Waals surface area contributed by atoms with Crippen molar-refractivity contribution in [3.05, 3.63) is 150 Å². The number of benzene rings is 4. The summed E-state index contributed by atoms with van der Waals surface area (Å²) in [6.45, 7) is 7.23. The van der Waals surface area contributed by atoms with Crippen LogP contribution in [-0.2, 0) is 20.1 Å². The van der Waals surface area contributed by atoms with Crippen LogP contribution in [-0.4, -0.2) is 18.0 Å². The van der Waals surface area contributed by atoms with Crippen LogP contribution in [0.5, 0.6) is 0 Å². The quantitative estimate of drug-likeness (QED) is 0.124. The molecular formula is C42H42IrN2Si-2. The first-order valence-corrected chi connectivity index (χ1v) is 18.7. The molecule has 0 saturated carbocycles. The molecular weight excluding hydrogens is 753 g/mol. The SMILES string of the molecule is CC(C)c1cc(-c2[c-]cccc2)ncc1[Si](C)(C)C.[2H]C([2H])([2H])c1ccc(-c2cc[c-]c(-c3cc(-c4ccccc4)c(C([2H])([2H])[2H])cn3)c2)cc1.[Ir]. The number of hydrogen-bond acceptors (Lipinski definition) is 2. The Bertz CT molecular complexity index is 2070. The van der Waals surface area contributed by atoms with Gasteiger partial charge >= 0.3 is 0 Å². The van der Waals surface area contributed by atoms with Crippen molar-refractivity contribution in [2.24, 2.45) is 0 Å². The molecule has 2 nitrogen and oxygen atoms in total. The standard InChI is InChI=1S/C25H20N.C17H22NSi.Ir/c1-18-11-13-20(14-12-18)22-9-6-10-23(15-22)25-16-24(19(2)17-26-25)21-7-4-3-5-8-21;1-13(2)15-11-16(14-9-7-6-8-10-14)18-12-17(15)19(3,4)5;/h3-9,11-17H,1-2H3;6-9,11-13H,1-5H3;/q2*-1;/i1D3,2D3;;. The van der Waals surface area contributed by atoms with Crippen molar-refractivity contribution in [2.75, 3.05) is 0 Å². The summed E-state index contributed by atoms with van der Waals surface area (Å²) in [7, 11) is -1.34. The zero-order chi connectivity index (χ0) is 37.0. The largest absolute Gasteiger partial charge is 0.305 e. The summed E-state index contributed by atoms with van der Waals surface area (Å²) in [6, 6.07) is 40.2. The van der Waals surface area contributed by atoms with Gasteiger partial charge in [-0.25, -0.2) is 0 Å². The van der Waals surface area contributed by atoms with Crippen LogP contribution in [0.2, 0.25) is 19.6 Å². The first-order chi connectivity index (χ1) is 24.0. The predicted molar refractivity (Wildman–Crippen MR) is 194 cm³/mol. The van der Waals surface area contributed by atoms with Crippen molar-refractivity contribution in [3.63, 3.8) is 0 Å². The number of rotatable bonds is 6. The van der Waals surface area contributed by atoms with Gasteiger partial charge in [0.25, 0.3) is 0 Å². The Hall–Kier alpha value is -3.95. The van der Waals surface area contributed by atoms with Crippen LogP contribution >= 0.6 is 0 Å². The first kappa shape index (κ1) is 27.2. The van der Waals surface area contributed by atoms with E-state index >= 15 is 0 Å². The van der Waals surface area contributed by atoms with Gasteiger partial charge in [0.2, 0.25) is 0 Å². The second-order valence-electron chi connectivity index (χ2n) is 12.4. The van der Waals surface area contributed by atoms with Gasteiger partial charge in [-0.15, -0.1) is 71.3 Å². The van der Waals surface area contributed by atoms with Crippen LogP contribution in [0, 0.1) is 25.8 Å². The molecule has 0 bridgehead atoms. The molecule has 4 aromatic carbocycles. The van der Waals surface area contributed by atoms with Crippen molar-refractivity contribution in [1.29, 1.82) is 0 Å². The molecule has 6 rings (SSSR count). The molecule has 2 aromatic heterocycles. The molecule has 0 aliphatic rings. The molecule has 0 atom stereocenters. The smallest absolute Gasteiger partial charge is 0.0799 e. The fourth-order valence-corrected chi connectivity index (χ4v) is 6.87. The van der Waals surface area contributed by atoms with Crippen molar-refractivity contribution in [3.8, 4) is 44.8 Å². The second-order valence-corrected chi connectivity index (χ2v) is 17.4. The molecule has 6 aromatic rings. The molecule has 4 heteroatoms. The normalized spacial score (nSPS) is 13.4. The van der Waals surface area contributed by atoms with Gasteiger partial charge in [0, 0.05) is 40.7 Å². The van der Waals surface area contributed by atoms with Crippen molar-refractivity contribution >= 4 is 13.3 Å². The Morgan fingerprint density at radius 3 is 2.00 bits per heavy atom. The molecule has 0 N–H and O–H groups in total. The number of pyridine rings is 2. The maximum atomic E-state index is 7.89. The average Bonchev–Trinajstić information content (AvgIpc) is 3.11. The van der Waals surface area contributed by atoms with Gasteiger partial charge in [-0.2, -0.15) is 0 Å². The molecule has 0 saturated heterocycles. The maximum absolute atomic E-state index is 7.89. The third-order valence-corrected chi connectivity index (χ3v) is 9.67. The Kier molecular flexibility index (Phi) is 9.19. The molecule has 0 aliphatic heterocycles. The van der Waals surface area contributed by atoms with Gasteiger partial charge in [0.1, 0.15) is 0 Å². The average molecular weight is 801 g/mol. The van der Waals surface area contributed by atoms with E-state index in [1.54, 1.807) is 36.4 Å². The fourth-order valence-electron chi connectivity index (χ4n) is 5.19. The van der Waals surface area contributed by atoms with E-state index in [-0.39, 0.29) is 25.7 Å². The summed E-state index contributed by atoms with van der Waals surface area (Å²) in [5.41, 5.74) is 8.54. The summed E-state index contributed by atoms with van der Waals surface area (Å²) in [5.74, 6) is 0.534. The van der Waals surface area contributed by atoms with Gasteiger partial charge in [-0.05, 0) is 58.5 Å². The van der Waals surface area contributed by atoms with E-state index in [9.17, 15) is 0 Å². The molecule has 1 radical (unpaired) electrons. The Morgan fingerprint density at radius 2 is 1.35 bits per heavy atom. The van der Waals surface area contributed by atoms with E-state index in [1.165, 1.54) is 16.9 Å². The summed E-state index contributed by atoms with van der Waals surface area (Å²) < 4.78 is 46.3. The number of nitrogens with zero attached hydrogens (tertiary/aromatic N) is 2. The minimum absolute atomic E-state index is 0. The second kappa shape index (κ2) is 15.6. The zero-order valence-electron chi connectivity index (χ0n) is 32.9. The minimum atomic E-state index is -2.28. The molecule has 235 valence electrons. The molecule has 0 fully saturated rings. The van der Waals surface area contributed by atoms with Crippen LogP contribution < -0.4 is 5.19 Å². The van der Waals surface area contributed by atoms with E-state index < -0.39 is 21.8 Å². The van der Waals surface area contributed by atoms with Gasteiger partial charge in [-0.1, -0.05) is 111 Å². The Labute approximate surface area is 298 Å². The minimum Gasteiger partial charge on any atom is -0.305 e. The molecule has 46 heavy (non-hydrogen) atoms. The van der Waals surface area contributed by atoms with E-state index in [1.807, 2.05) is 60.7 Å². The van der Waals surface area contributed by atoms with Gasteiger partial charge in [0.05, 0.1) is 8.07 Å². The third-order valence-electron chi connectivity index (χ3n) is 7.64. The summed E-state index contributed by atoms with van der Waals surface area (Å²) in [6.07, 6.45) is 3.51.